The first-order chi connectivity index (χ1) is 18.5. The van der Waals surface area contributed by atoms with Crippen LogP contribution >= 0.6 is 46.4 Å². The molecule has 4 rings (SSSR count). The van der Waals surface area contributed by atoms with E-state index in [1.54, 1.807) is 41.4 Å². The number of halogens is 5. The molecule has 1 aromatic heterocycles. The first kappa shape index (κ1) is 30.3. The Kier molecular flexibility index (Phi) is 11.1. The quantitative estimate of drug-likeness (QED) is 0.0864. The van der Waals surface area contributed by atoms with E-state index in [-0.39, 0.29) is 24.8 Å². The van der Waals surface area contributed by atoms with Crippen LogP contribution in [0.2, 0.25) is 20.1 Å². The summed E-state index contributed by atoms with van der Waals surface area (Å²) < 4.78 is 23.0. The van der Waals surface area contributed by atoms with Gasteiger partial charge in [-0.2, -0.15) is 0 Å². The molecule has 1 heterocycles. The van der Waals surface area contributed by atoms with Crippen LogP contribution in [0, 0.1) is 21.1 Å². The van der Waals surface area contributed by atoms with Gasteiger partial charge in [-0.1, -0.05) is 58.5 Å². The van der Waals surface area contributed by atoms with E-state index in [1.807, 2.05) is 22.9 Å². The summed E-state index contributed by atoms with van der Waals surface area (Å²) in [6.45, 7) is 0.778. The van der Waals surface area contributed by atoms with Crippen LogP contribution in [0.15, 0.2) is 79.4 Å². The van der Waals surface area contributed by atoms with Crippen molar-refractivity contribution in [3.8, 4) is 0 Å². The normalized spacial score (nSPS) is 11.4. The zero-order valence-electron chi connectivity index (χ0n) is 20.0. The summed E-state index contributed by atoms with van der Waals surface area (Å²) in [5.41, 5.74) is 2.00. The lowest BCUT2D eigenvalue weighted by molar-refractivity contribution is -0.704. The molecule has 0 aliphatic rings. The van der Waals surface area contributed by atoms with Gasteiger partial charge in [-0.25, -0.2) is 13.5 Å². The van der Waals surface area contributed by atoms with E-state index >= 15 is 0 Å². The van der Waals surface area contributed by atoms with E-state index in [4.69, 9.17) is 66.5 Å². The van der Waals surface area contributed by atoms with Crippen LogP contribution in [0.4, 0.5) is 4.39 Å². The van der Waals surface area contributed by atoms with Gasteiger partial charge in [0.25, 0.3) is 0 Å². The molecule has 0 fully saturated rings. The van der Waals surface area contributed by atoms with Gasteiger partial charge in [0.2, 0.25) is 12.1 Å². The molecule has 39 heavy (non-hydrogen) atoms. The minimum Gasteiger partial charge on any atom is -0.365 e. The van der Waals surface area contributed by atoms with E-state index in [0.717, 1.165) is 11.1 Å². The highest BCUT2D eigenvalue weighted by atomic mass is 35.5. The van der Waals surface area contributed by atoms with Crippen molar-refractivity contribution in [2.45, 2.75) is 25.8 Å². The topological polar surface area (TPSA) is 101 Å². The van der Waals surface area contributed by atoms with Crippen molar-refractivity contribution in [2.75, 3.05) is 0 Å². The summed E-state index contributed by atoms with van der Waals surface area (Å²) in [6, 6.07) is 16.0. The number of hydrogen-bond acceptors (Lipinski definition) is 5. The zero-order valence-corrected chi connectivity index (χ0v) is 23.0. The van der Waals surface area contributed by atoms with Crippen molar-refractivity contribution in [3.63, 3.8) is 0 Å². The molecule has 0 bridgehead atoms. The fraction of sp³-hybridized carbons (Fsp3) is 0.154. The average molecular weight is 615 g/mol. The van der Waals surface area contributed by atoms with Gasteiger partial charge >= 0.3 is 0 Å². The van der Waals surface area contributed by atoms with Crippen LogP contribution in [0.25, 0.3) is 0 Å². The molecule has 0 aliphatic carbocycles. The van der Waals surface area contributed by atoms with Crippen molar-refractivity contribution in [2.24, 2.45) is 0 Å². The number of benzene rings is 3. The number of ether oxygens (including phenoxy) is 1. The molecule has 1 unspecified atom stereocenters. The summed E-state index contributed by atoms with van der Waals surface area (Å²) in [4.78, 5) is 20.8. The van der Waals surface area contributed by atoms with E-state index in [1.165, 1.54) is 24.3 Å². The molecule has 3 aromatic carbocycles. The third-order valence-electron chi connectivity index (χ3n) is 5.38. The first-order valence-electron chi connectivity index (χ1n) is 11.2. The van der Waals surface area contributed by atoms with Crippen LogP contribution in [0.3, 0.4) is 0 Å². The Morgan fingerprint density at radius 2 is 1.59 bits per heavy atom. The summed E-state index contributed by atoms with van der Waals surface area (Å²) >= 11 is 24.9. The fourth-order valence-corrected chi connectivity index (χ4v) is 4.55. The summed E-state index contributed by atoms with van der Waals surface area (Å²) in [7, 11) is 0. The molecule has 8 nitrogen and oxygen atoms in total. The highest BCUT2D eigenvalue weighted by Crippen LogP contribution is 2.31. The van der Waals surface area contributed by atoms with E-state index in [0.29, 0.717) is 32.2 Å². The van der Waals surface area contributed by atoms with Gasteiger partial charge in [-0.3, -0.25) is 4.79 Å². The smallest absolute Gasteiger partial charge is 0.244 e. The number of ketones is 1. The molecule has 0 radical (unpaired) electrons. The molecule has 0 spiro atoms. The van der Waals surface area contributed by atoms with Crippen LogP contribution < -0.4 is 4.57 Å². The fourth-order valence-electron chi connectivity index (χ4n) is 3.56. The van der Waals surface area contributed by atoms with Crippen molar-refractivity contribution >= 4 is 52.2 Å². The number of carbonyl (C=O) groups is 1. The molecule has 0 aliphatic heterocycles. The lowest BCUT2D eigenvalue weighted by Gasteiger charge is -2.19. The molecular weight excluding hydrogens is 595 g/mol. The largest absolute Gasteiger partial charge is 0.365 e. The van der Waals surface area contributed by atoms with Gasteiger partial charge in [-0.05, 0) is 54.1 Å². The van der Waals surface area contributed by atoms with Gasteiger partial charge in [0, 0.05) is 31.2 Å². The lowest BCUT2D eigenvalue weighted by atomic mass is 10.1. The monoisotopic (exact) mass is 613 g/mol. The molecule has 1 atom stereocenters. The maximum atomic E-state index is 13.1. The Balaban J connectivity index is 0.000000983. The maximum Gasteiger partial charge on any atom is 0.244 e. The number of nitrogens with zero attached hydrogens (tertiary/aromatic N) is 3. The molecular formula is C26H20Cl4FN3O5. The molecule has 0 saturated heterocycles. The zero-order chi connectivity index (χ0) is 28.5. The number of aromatic nitrogens is 2. The Bertz CT molecular complexity index is 1450. The summed E-state index contributed by atoms with van der Waals surface area (Å²) in [6.07, 6.45) is 5.00. The van der Waals surface area contributed by atoms with Crippen molar-refractivity contribution in [1.82, 2.24) is 4.57 Å². The number of hydrogen-bond donors (Lipinski definition) is 0. The van der Waals surface area contributed by atoms with Gasteiger partial charge in [0.15, 0.2) is 6.54 Å². The third kappa shape index (κ3) is 9.49. The molecule has 0 amide bonds. The number of carbonyl (C=O) groups excluding carboxylic acids is 1. The minimum atomic E-state index is -1.75. The SMILES string of the molecule is O=C(Cn1cc[n+](CC(OCc2ccc(Cl)cc2Cl)c2ccc(Cl)cc2Cl)c1)c1ccc(F)cc1.O=[N+]([O-])[O-]. The molecule has 13 heteroatoms. The molecule has 204 valence electrons. The standard InChI is InChI=1S/C26H20Cl4FN2O2.NO3/c27-19-4-1-18(23(29)11-19)15-35-26(22-8-5-20(28)12-24(22)30)14-33-10-9-32(16-33)13-25(34)17-2-6-21(31)7-3-17;2-1(3)4/h1-12,16,26H,13-15H2;/q+1;-1. The van der Waals surface area contributed by atoms with Gasteiger partial charge < -0.3 is 20.1 Å². The third-order valence-corrected chi connectivity index (χ3v) is 6.53. The van der Waals surface area contributed by atoms with E-state index < -0.39 is 11.2 Å². The lowest BCUT2D eigenvalue weighted by Crippen LogP contribution is -2.35. The van der Waals surface area contributed by atoms with Gasteiger partial charge in [0.05, 0.1) is 11.7 Å². The predicted octanol–water partition coefficient (Wildman–Crippen LogP) is 7.13. The molecule has 0 saturated carbocycles. The number of imidazole rings is 1. The Morgan fingerprint density at radius 3 is 2.21 bits per heavy atom. The summed E-state index contributed by atoms with van der Waals surface area (Å²) in [5.74, 6) is -0.508. The van der Waals surface area contributed by atoms with Crippen LogP contribution in [0.5, 0.6) is 0 Å². The minimum absolute atomic E-state index is 0.117. The second-order valence-electron chi connectivity index (χ2n) is 8.14. The second-order valence-corrected chi connectivity index (χ2v) is 9.82. The Labute approximate surface area is 242 Å². The predicted molar refractivity (Wildman–Crippen MR) is 146 cm³/mol. The Hall–Kier alpha value is -3.21. The van der Waals surface area contributed by atoms with Crippen molar-refractivity contribution < 1.29 is 23.6 Å². The summed E-state index contributed by atoms with van der Waals surface area (Å²) in [5, 5.41) is 16.8. The number of Topliss-reactive ketones (excluding diaryl/α,β-unsaturated/α-hetero) is 1. The van der Waals surface area contributed by atoms with Crippen LogP contribution in [0.1, 0.15) is 27.6 Å². The number of rotatable bonds is 9. The molecule has 0 N–H and O–H groups in total. The van der Waals surface area contributed by atoms with E-state index in [9.17, 15) is 9.18 Å². The average Bonchev–Trinajstić information content (AvgIpc) is 3.29. The van der Waals surface area contributed by atoms with Crippen molar-refractivity contribution in [1.29, 1.82) is 0 Å². The highest BCUT2D eigenvalue weighted by molar-refractivity contribution is 6.35. The van der Waals surface area contributed by atoms with Crippen LogP contribution in [-0.2, 0) is 24.4 Å². The van der Waals surface area contributed by atoms with Gasteiger partial charge in [-0.15, -0.1) is 0 Å². The van der Waals surface area contributed by atoms with Crippen LogP contribution in [-0.4, -0.2) is 15.4 Å². The second kappa shape index (κ2) is 14.3. The van der Waals surface area contributed by atoms with Gasteiger partial charge in [0.1, 0.15) is 30.9 Å². The van der Waals surface area contributed by atoms with Crippen molar-refractivity contribution in [3.05, 3.63) is 137 Å². The molecule has 4 aromatic rings. The van der Waals surface area contributed by atoms with E-state index in [2.05, 4.69) is 0 Å². The highest BCUT2D eigenvalue weighted by Gasteiger charge is 2.21. The maximum absolute atomic E-state index is 13.1. The first-order valence-corrected chi connectivity index (χ1v) is 12.7. The Morgan fingerprint density at radius 1 is 0.974 bits per heavy atom.